The lowest BCUT2D eigenvalue weighted by atomic mass is 9.90. The third kappa shape index (κ3) is 5.95. The van der Waals surface area contributed by atoms with Gasteiger partial charge in [0.1, 0.15) is 0 Å². The Labute approximate surface area is 344 Å². The molecule has 0 spiro atoms. The zero-order valence-electron chi connectivity index (χ0n) is 33.2. The highest BCUT2D eigenvalue weighted by Gasteiger charge is 2.23. The number of nitrogens with one attached hydrogen (secondary N) is 1. The van der Waals surface area contributed by atoms with E-state index in [0.29, 0.717) is 0 Å². The maximum absolute atomic E-state index is 5.24. The summed E-state index contributed by atoms with van der Waals surface area (Å²) in [5.41, 5.74) is 14.7. The van der Waals surface area contributed by atoms with E-state index in [1.54, 1.807) is 6.08 Å². The highest BCUT2D eigenvalue weighted by Crippen LogP contribution is 2.42. The summed E-state index contributed by atoms with van der Waals surface area (Å²) in [4.78, 5) is 5.24. The van der Waals surface area contributed by atoms with Gasteiger partial charge in [0, 0.05) is 32.5 Å². The van der Waals surface area contributed by atoms with Crippen LogP contribution >= 0.6 is 0 Å². The van der Waals surface area contributed by atoms with E-state index in [9.17, 15) is 0 Å². The number of nitrogens with zero attached hydrogens (tertiary/aromatic N) is 3. The van der Waals surface area contributed by atoms with Gasteiger partial charge >= 0.3 is 0 Å². The molecule has 1 unspecified atom stereocenters. The molecule has 4 nitrogen and oxygen atoms in total. The molecule has 0 fully saturated rings. The molecular weight excluding hydrogens is 717 g/mol. The molecule has 3 heterocycles. The van der Waals surface area contributed by atoms with Crippen LogP contribution in [-0.4, -0.2) is 9.13 Å². The van der Waals surface area contributed by atoms with Crippen molar-refractivity contribution in [3.05, 3.63) is 211 Å². The topological polar surface area (TPSA) is 34.2 Å². The second-order valence-corrected chi connectivity index (χ2v) is 15.2. The number of benzene rings is 6. The predicted octanol–water partition coefficient (Wildman–Crippen LogP) is 12.9. The Kier molecular flexibility index (Phi) is 9.03. The lowest BCUT2D eigenvalue weighted by molar-refractivity contribution is 0.489. The summed E-state index contributed by atoms with van der Waals surface area (Å²) in [7, 11) is 0. The molecule has 4 heteroatoms. The van der Waals surface area contributed by atoms with Crippen LogP contribution in [0.1, 0.15) is 37.2 Å². The fourth-order valence-corrected chi connectivity index (χ4v) is 9.13. The van der Waals surface area contributed by atoms with Crippen LogP contribution in [0.2, 0.25) is 0 Å². The molecule has 59 heavy (non-hydrogen) atoms. The average Bonchev–Trinajstić information content (AvgIpc) is 3.80. The van der Waals surface area contributed by atoms with Crippen LogP contribution in [0.4, 0.5) is 0 Å². The lowest BCUT2D eigenvalue weighted by Crippen LogP contribution is -2.41. The summed E-state index contributed by atoms with van der Waals surface area (Å²) < 4.78 is 4.75. The number of hydrogen-bond acceptors (Lipinski definition) is 2. The molecule has 1 N–H and O–H groups in total. The van der Waals surface area contributed by atoms with Crippen LogP contribution in [-0.2, 0) is 0 Å². The van der Waals surface area contributed by atoms with Crippen molar-refractivity contribution in [2.24, 2.45) is 4.99 Å². The monoisotopic (exact) mass is 760 g/mol. The molecule has 6 aromatic carbocycles. The van der Waals surface area contributed by atoms with Crippen LogP contribution < -0.4 is 15.9 Å². The first-order valence-corrected chi connectivity index (χ1v) is 20.4. The molecule has 1 atom stereocenters. The maximum Gasteiger partial charge on any atom is 0.201 e. The minimum atomic E-state index is -0.366. The molecule has 0 amide bonds. The zero-order valence-corrected chi connectivity index (χ0v) is 33.2. The summed E-state index contributed by atoms with van der Waals surface area (Å²) in [6.07, 6.45) is 20.7. The van der Waals surface area contributed by atoms with E-state index >= 15 is 0 Å². The van der Waals surface area contributed by atoms with E-state index in [1.807, 2.05) is 30.4 Å². The number of aromatic nitrogens is 2. The molecule has 10 rings (SSSR count). The van der Waals surface area contributed by atoms with Crippen LogP contribution in [0.15, 0.2) is 194 Å². The minimum Gasteiger partial charge on any atom is -0.345 e. The molecule has 0 saturated carbocycles. The van der Waals surface area contributed by atoms with E-state index in [1.165, 1.54) is 49.4 Å². The Morgan fingerprint density at radius 1 is 0.729 bits per heavy atom. The summed E-state index contributed by atoms with van der Waals surface area (Å²) in [5.74, 6) is 0. The predicted molar refractivity (Wildman–Crippen MR) is 252 cm³/mol. The number of hydrogen-bond donors (Lipinski definition) is 1. The number of allylic oxidation sites excluding steroid dienone is 7. The van der Waals surface area contributed by atoms with Gasteiger partial charge in [0.2, 0.25) is 6.29 Å². The van der Waals surface area contributed by atoms with E-state index in [4.69, 9.17) is 4.99 Å². The quantitative estimate of drug-likeness (QED) is 0.146. The largest absolute Gasteiger partial charge is 0.345 e. The van der Waals surface area contributed by atoms with Gasteiger partial charge in [0.05, 0.1) is 33.1 Å². The fraction of sp³-hybridized carbons (Fsp3) is 0.0727. The van der Waals surface area contributed by atoms with Crippen LogP contribution in [0.25, 0.3) is 89.4 Å². The van der Waals surface area contributed by atoms with Crippen LogP contribution in [0.3, 0.4) is 0 Å². The van der Waals surface area contributed by atoms with Crippen LogP contribution in [0, 0.1) is 0 Å². The molecular formula is C55H44N4. The Hall–Kier alpha value is -7.43. The molecule has 0 saturated heterocycles. The minimum absolute atomic E-state index is 0.366. The van der Waals surface area contributed by atoms with Crippen molar-refractivity contribution in [2.45, 2.75) is 26.1 Å². The molecule has 284 valence electrons. The lowest BCUT2D eigenvalue weighted by Gasteiger charge is -2.25. The van der Waals surface area contributed by atoms with Gasteiger partial charge < -0.3 is 14.5 Å². The number of rotatable bonds is 9. The van der Waals surface area contributed by atoms with Gasteiger partial charge in [-0.15, -0.1) is 0 Å². The molecule has 2 aromatic heterocycles. The van der Waals surface area contributed by atoms with Crippen molar-refractivity contribution >= 4 is 67.2 Å². The van der Waals surface area contributed by atoms with Crippen molar-refractivity contribution in [1.29, 1.82) is 0 Å². The number of para-hydroxylation sites is 3. The first kappa shape index (κ1) is 35.9. The van der Waals surface area contributed by atoms with Crippen LogP contribution in [0.5, 0.6) is 0 Å². The average molecular weight is 761 g/mol. The van der Waals surface area contributed by atoms with E-state index < -0.39 is 0 Å². The van der Waals surface area contributed by atoms with Crippen molar-refractivity contribution in [2.75, 3.05) is 0 Å². The summed E-state index contributed by atoms with van der Waals surface area (Å²) in [5, 5.41) is 10.6. The smallest absolute Gasteiger partial charge is 0.201 e. The van der Waals surface area contributed by atoms with Gasteiger partial charge in [0.15, 0.2) is 0 Å². The van der Waals surface area contributed by atoms with Crippen molar-refractivity contribution in [3.8, 4) is 22.3 Å². The SMILES string of the molecule is C=C/C=C\C(=C)C1=c2ccccc2=NC(n2c3ccccc3c3cc(-c4ccc(-c5cc6c(c(/C=C\C)c5C=C)c5ccccc5n6C5=CCCC=C5)cc4)ccc32)N1. The highest BCUT2D eigenvalue weighted by molar-refractivity contribution is 6.16. The van der Waals surface area contributed by atoms with E-state index in [-0.39, 0.29) is 6.29 Å². The van der Waals surface area contributed by atoms with Gasteiger partial charge in [-0.2, -0.15) is 0 Å². The third-order valence-electron chi connectivity index (χ3n) is 11.8. The maximum atomic E-state index is 5.24. The summed E-state index contributed by atoms with van der Waals surface area (Å²) >= 11 is 0. The second kappa shape index (κ2) is 14.8. The van der Waals surface area contributed by atoms with Gasteiger partial charge in [-0.25, -0.2) is 4.99 Å². The van der Waals surface area contributed by atoms with E-state index in [2.05, 4.69) is 181 Å². The first-order valence-electron chi connectivity index (χ1n) is 20.4. The molecule has 0 bridgehead atoms. The zero-order chi connectivity index (χ0) is 40.0. The summed E-state index contributed by atoms with van der Waals surface area (Å²) in [6, 6.07) is 43.8. The standard InChI is InChI=1S/C55H44N4/c1-5-8-19-36(4)54-44-23-12-15-25-48(44)56-55(57-54)59-49-26-16-13-22-42(49)47-34-39(32-33-51(47)59)37-28-30-38(31-29-37)46-35-52-53(43(18-6-2)41(46)7-3)45-24-14-17-27-50(45)58(52)40-20-10-9-11-21-40/h5-8,10,12-35,55,57H,1,3-4,9,11H2,2H3/b18-6-,19-8-. The first-order chi connectivity index (χ1) is 29.1. The van der Waals surface area contributed by atoms with E-state index in [0.717, 1.165) is 68.0 Å². The molecule has 2 aliphatic rings. The molecule has 0 radical (unpaired) electrons. The van der Waals surface area contributed by atoms with Gasteiger partial charge in [0.25, 0.3) is 0 Å². The third-order valence-corrected chi connectivity index (χ3v) is 11.8. The van der Waals surface area contributed by atoms with Crippen molar-refractivity contribution in [1.82, 2.24) is 14.5 Å². The molecule has 1 aliphatic carbocycles. The fourth-order valence-electron chi connectivity index (χ4n) is 9.13. The molecule has 1 aliphatic heterocycles. The number of fused-ring (bicyclic) bond motifs is 7. The van der Waals surface area contributed by atoms with Gasteiger partial charge in [-0.05, 0) is 101 Å². The van der Waals surface area contributed by atoms with Gasteiger partial charge in [-0.1, -0.05) is 153 Å². The summed E-state index contributed by atoms with van der Waals surface area (Å²) in [6.45, 7) is 14.7. The van der Waals surface area contributed by atoms with Crippen molar-refractivity contribution < 1.29 is 0 Å². The van der Waals surface area contributed by atoms with Crippen molar-refractivity contribution in [3.63, 3.8) is 0 Å². The Balaban J connectivity index is 1.08. The highest BCUT2D eigenvalue weighted by atomic mass is 15.3. The van der Waals surface area contributed by atoms with Gasteiger partial charge in [-0.3, -0.25) is 0 Å². The second-order valence-electron chi connectivity index (χ2n) is 15.2. The Bertz CT molecular complexity index is 3300. The molecule has 8 aromatic rings. The normalized spacial score (nSPS) is 15.2. The Morgan fingerprint density at radius 2 is 1.46 bits per heavy atom. The Morgan fingerprint density at radius 3 is 2.24 bits per heavy atom.